The Morgan fingerprint density at radius 2 is 2.10 bits per heavy atom. The molecule has 0 bridgehead atoms. The molecule has 0 radical (unpaired) electrons. The van der Waals surface area contributed by atoms with Gasteiger partial charge in [0.25, 0.3) is 0 Å². The fourth-order valence-corrected chi connectivity index (χ4v) is 2.74. The summed E-state index contributed by atoms with van der Waals surface area (Å²) in [6, 6.07) is 1.85. The predicted octanol–water partition coefficient (Wildman–Crippen LogP) is 3.18. The van der Waals surface area contributed by atoms with E-state index in [1.165, 1.54) is 11.9 Å². The van der Waals surface area contributed by atoms with Crippen LogP contribution in [0.4, 0.5) is 23.9 Å². The summed E-state index contributed by atoms with van der Waals surface area (Å²) in [5, 5.41) is 9.36. The molecule has 0 spiro atoms. The molecule has 0 saturated carbocycles. The number of hydrogen-bond donors (Lipinski definition) is 1. The van der Waals surface area contributed by atoms with Crippen LogP contribution in [-0.2, 0) is 0 Å². The van der Waals surface area contributed by atoms with Crippen LogP contribution < -0.4 is 10.6 Å². The van der Waals surface area contributed by atoms with Gasteiger partial charge < -0.3 is 10.6 Å². The Hall–Kier alpha value is -1.75. The molecule has 4 nitrogen and oxygen atoms in total. The summed E-state index contributed by atoms with van der Waals surface area (Å²) in [6.45, 7) is 1.36. The Balaban J connectivity index is 3.06. The number of hydrogen-bond acceptors (Lipinski definition) is 5. The fraction of sp³-hybridized carbons (Fsp3) is 0.500. The molecule has 0 amide bonds. The van der Waals surface area contributed by atoms with Crippen molar-refractivity contribution in [1.82, 2.24) is 0 Å². The van der Waals surface area contributed by atoms with Crippen LogP contribution in [0.5, 0.6) is 0 Å². The van der Waals surface area contributed by atoms with Crippen LogP contribution in [0.1, 0.15) is 35.0 Å². The van der Waals surface area contributed by atoms with Crippen LogP contribution in [0.15, 0.2) is 0 Å². The van der Waals surface area contributed by atoms with E-state index >= 15 is 0 Å². The van der Waals surface area contributed by atoms with E-state index < -0.39 is 12.6 Å². The summed E-state index contributed by atoms with van der Waals surface area (Å²) in [7, 11) is 1.44. The molecule has 0 atom stereocenters. The Morgan fingerprint density at radius 3 is 2.55 bits per heavy atom. The van der Waals surface area contributed by atoms with Gasteiger partial charge in [-0.05, 0) is 0 Å². The van der Waals surface area contributed by atoms with Crippen molar-refractivity contribution >= 4 is 27.8 Å². The highest BCUT2D eigenvalue weighted by molar-refractivity contribution is 7.19. The summed E-state index contributed by atoms with van der Waals surface area (Å²) in [5.74, 6) is -0.223. The number of anilines is 2. The minimum absolute atomic E-state index is 0.0539. The van der Waals surface area contributed by atoms with E-state index in [2.05, 4.69) is 0 Å². The first-order valence-corrected chi connectivity index (χ1v) is 6.66. The second-order valence-corrected chi connectivity index (χ2v) is 5.20. The second-order valence-electron chi connectivity index (χ2n) is 4.20. The number of nitriles is 1. The second kappa shape index (κ2) is 6.13. The molecule has 1 aromatic heterocycles. The summed E-state index contributed by atoms with van der Waals surface area (Å²) in [6.07, 6.45) is -5.05. The first-order valence-electron chi connectivity index (χ1n) is 5.84. The van der Waals surface area contributed by atoms with E-state index in [4.69, 9.17) is 11.0 Å². The lowest BCUT2D eigenvalue weighted by Gasteiger charge is -2.18. The van der Waals surface area contributed by atoms with Gasteiger partial charge in [0.15, 0.2) is 5.78 Å². The SMILES string of the molecule is CCC(=O)c1sc(N(C)CCC(F)(F)F)c(C#N)c1N. The quantitative estimate of drug-likeness (QED) is 0.848. The van der Waals surface area contributed by atoms with Crippen molar-refractivity contribution in [2.45, 2.75) is 25.9 Å². The van der Waals surface area contributed by atoms with Crippen LogP contribution >= 0.6 is 11.3 Å². The van der Waals surface area contributed by atoms with Crippen molar-refractivity contribution in [3.05, 3.63) is 10.4 Å². The van der Waals surface area contributed by atoms with E-state index in [0.29, 0.717) is 5.00 Å². The molecule has 2 N–H and O–H groups in total. The molecule has 110 valence electrons. The zero-order valence-electron chi connectivity index (χ0n) is 11.0. The van der Waals surface area contributed by atoms with E-state index in [0.717, 1.165) is 11.3 Å². The Kier molecular flexibility index (Phi) is 5.00. The molecule has 0 aliphatic carbocycles. The minimum atomic E-state index is -4.27. The number of thiophene rings is 1. The summed E-state index contributed by atoms with van der Waals surface area (Å²) < 4.78 is 36.6. The van der Waals surface area contributed by atoms with Crippen molar-refractivity contribution < 1.29 is 18.0 Å². The van der Waals surface area contributed by atoms with Crippen molar-refractivity contribution in [3.63, 3.8) is 0 Å². The molecule has 20 heavy (non-hydrogen) atoms. The highest BCUT2D eigenvalue weighted by Gasteiger charge is 2.29. The van der Waals surface area contributed by atoms with Crippen molar-refractivity contribution in [3.8, 4) is 6.07 Å². The molecule has 0 unspecified atom stereocenters. The van der Waals surface area contributed by atoms with Crippen LogP contribution in [0, 0.1) is 11.3 Å². The first kappa shape index (κ1) is 16.3. The van der Waals surface area contributed by atoms with Gasteiger partial charge in [-0.2, -0.15) is 18.4 Å². The molecule has 0 aliphatic rings. The number of ketones is 1. The number of halogens is 3. The van der Waals surface area contributed by atoms with E-state index in [-0.39, 0.29) is 34.9 Å². The molecular weight excluding hydrogens is 291 g/mol. The lowest BCUT2D eigenvalue weighted by Crippen LogP contribution is -2.23. The maximum atomic E-state index is 12.2. The van der Waals surface area contributed by atoms with Gasteiger partial charge in [0.1, 0.15) is 16.6 Å². The topological polar surface area (TPSA) is 70.1 Å². The molecule has 0 saturated heterocycles. The molecule has 0 aliphatic heterocycles. The zero-order valence-corrected chi connectivity index (χ0v) is 11.9. The van der Waals surface area contributed by atoms with Crippen LogP contribution in [0.25, 0.3) is 0 Å². The van der Waals surface area contributed by atoms with E-state index in [1.54, 1.807) is 6.92 Å². The molecule has 1 heterocycles. The molecule has 1 rings (SSSR count). The smallest absolute Gasteiger partial charge is 0.390 e. The molecule has 1 aromatic rings. The largest absolute Gasteiger partial charge is 0.396 e. The standard InChI is InChI=1S/C12H14F3N3OS/c1-3-8(19)10-9(17)7(6-16)11(20-10)18(2)5-4-12(13,14)15/h3-5,17H2,1-2H3. The average Bonchev–Trinajstić information content (AvgIpc) is 2.71. The summed E-state index contributed by atoms with van der Waals surface area (Å²) in [5.41, 5.74) is 5.85. The third kappa shape index (κ3) is 3.63. The lowest BCUT2D eigenvalue weighted by atomic mass is 10.2. The van der Waals surface area contributed by atoms with Gasteiger partial charge in [-0.25, -0.2) is 0 Å². The van der Waals surface area contributed by atoms with Crippen molar-refractivity contribution in [1.29, 1.82) is 5.26 Å². The zero-order chi connectivity index (χ0) is 15.5. The maximum Gasteiger partial charge on any atom is 0.390 e. The highest BCUT2D eigenvalue weighted by Crippen LogP contribution is 2.38. The summed E-state index contributed by atoms with van der Waals surface area (Å²) >= 11 is 0.964. The highest BCUT2D eigenvalue weighted by atomic mass is 32.1. The molecular formula is C12H14F3N3OS. The Morgan fingerprint density at radius 1 is 1.50 bits per heavy atom. The maximum absolute atomic E-state index is 12.2. The van der Waals surface area contributed by atoms with Gasteiger partial charge in [-0.3, -0.25) is 4.79 Å². The van der Waals surface area contributed by atoms with Crippen molar-refractivity contribution in [2.24, 2.45) is 0 Å². The van der Waals surface area contributed by atoms with Gasteiger partial charge in [0.2, 0.25) is 0 Å². The van der Waals surface area contributed by atoms with Crippen molar-refractivity contribution in [2.75, 3.05) is 24.2 Å². The number of nitrogens with two attached hydrogens (primary N) is 1. The Bertz CT molecular complexity index is 545. The number of rotatable bonds is 5. The number of nitrogens with zero attached hydrogens (tertiary/aromatic N) is 2. The third-order valence-electron chi connectivity index (χ3n) is 2.69. The minimum Gasteiger partial charge on any atom is -0.396 e. The molecule has 8 heteroatoms. The lowest BCUT2D eigenvalue weighted by molar-refractivity contribution is -0.132. The number of Topliss-reactive ketones (excluding diaryl/α,β-unsaturated/α-hetero) is 1. The van der Waals surface area contributed by atoms with Gasteiger partial charge in [0.05, 0.1) is 17.0 Å². The number of carbonyl (C=O) groups is 1. The Labute approximate surface area is 118 Å². The molecule has 0 fully saturated rings. The van der Waals surface area contributed by atoms with Gasteiger partial charge in [-0.15, -0.1) is 11.3 Å². The molecule has 0 aromatic carbocycles. The van der Waals surface area contributed by atoms with Crippen LogP contribution in [-0.4, -0.2) is 25.6 Å². The normalized spacial score (nSPS) is 11.2. The monoisotopic (exact) mass is 305 g/mol. The number of carbonyl (C=O) groups excluding carboxylic acids is 1. The first-order chi connectivity index (χ1) is 9.21. The predicted molar refractivity (Wildman–Crippen MR) is 72.0 cm³/mol. The van der Waals surface area contributed by atoms with E-state index in [1.807, 2.05) is 6.07 Å². The van der Waals surface area contributed by atoms with Gasteiger partial charge in [0, 0.05) is 20.0 Å². The fourth-order valence-electron chi connectivity index (χ4n) is 1.57. The summed E-state index contributed by atoms with van der Waals surface area (Å²) in [4.78, 5) is 13.2. The van der Waals surface area contributed by atoms with Gasteiger partial charge >= 0.3 is 6.18 Å². The average molecular weight is 305 g/mol. The van der Waals surface area contributed by atoms with Crippen LogP contribution in [0.3, 0.4) is 0 Å². The number of alkyl halides is 3. The van der Waals surface area contributed by atoms with Crippen LogP contribution in [0.2, 0.25) is 0 Å². The number of nitrogen functional groups attached to an aromatic ring is 1. The third-order valence-corrected chi connectivity index (χ3v) is 4.05. The van der Waals surface area contributed by atoms with Gasteiger partial charge in [-0.1, -0.05) is 6.92 Å². The van der Waals surface area contributed by atoms with E-state index in [9.17, 15) is 18.0 Å².